The molecular weight excluding hydrogens is 506 g/mol. The van der Waals surface area contributed by atoms with Crippen molar-refractivity contribution in [1.29, 1.82) is 0 Å². The van der Waals surface area contributed by atoms with Gasteiger partial charge in [-0.3, -0.25) is 19.4 Å². The van der Waals surface area contributed by atoms with E-state index < -0.39 is 47.9 Å². The number of phenols is 1. The molecule has 1 rings (SSSR count). The van der Waals surface area contributed by atoms with Crippen LogP contribution in [-0.2, 0) is 25.6 Å². The number of aromatic hydroxyl groups is 1. The van der Waals surface area contributed by atoms with Gasteiger partial charge in [0, 0.05) is 13.0 Å². The van der Waals surface area contributed by atoms with Gasteiger partial charge in [-0.15, -0.1) is 0 Å². The van der Waals surface area contributed by atoms with Crippen molar-refractivity contribution in [3.05, 3.63) is 29.8 Å². The zero-order chi connectivity index (χ0) is 29.7. The molecule has 0 heterocycles. The molecular formula is C26H43N7O6. The highest BCUT2D eigenvalue weighted by Crippen LogP contribution is 2.13. The topological polar surface area (TPSA) is 235 Å². The van der Waals surface area contributed by atoms with E-state index in [1.54, 1.807) is 26.0 Å². The molecule has 13 nitrogen and oxygen atoms in total. The zero-order valence-electron chi connectivity index (χ0n) is 23.0. The number of benzene rings is 1. The van der Waals surface area contributed by atoms with Crippen molar-refractivity contribution in [3.8, 4) is 5.75 Å². The maximum absolute atomic E-state index is 13.2. The van der Waals surface area contributed by atoms with Crippen LogP contribution < -0.4 is 33.2 Å². The molecule has 0 aliphatic carbocycles. The SMILES string of the molecule is CC(C)CC(NC(=O)C(NC(=O)C(N)CCCN=C(N)N)C(C)C)C(=O)NC(Cc1ccc(O)cc1)C(=O)O. The molecule has 4 atom stereocenters. The number of hydrogen-bond acceptors (Lipinski definition) is 7. The molecule has 3 amide bonds. The number of hydrogen-bond donors (Lipinski definition) is 8. The minimum absolute atomic E-state index is 0.00726. The summed E-state index contributed by atoms with van der Waals surface area (Å²) in [6, 6.07) is 1.81. The number of rotatable bonds is 16. The lowest BCUT2D eigenvalue weighted by atomic mass is 9.98. The molecule has 4 unspecified atom stereocenters. The normalized spacial score (nSPS) is 14.1. The smallest absolute Gasteiger partial charge is 0.326 e. The van der Waals surface area contributed by atoms with Gasteiger partial charge >= 0.3 is 5.97 Å². The second-order valence-corrected chi connectivity index (χ2v) is 10.2. The third-order valence-corrected chi connectivity index (χ3v) is 5.88. The van der Waals surface area contributed by atoms with Crippen LogP contribution in [0.3, 0.4) is 0 Å². The number of carbonyl (C=O) groups is 4. The number of aliphatic imine (C=N–C) groups is 1. The number of amides is 3. The Kier molecular flexibility index (Phi) is 13.7. The van der Waals surface area contributed by atoms with Gasteiger partial charge in [0.15, 0.2) is 5.96 Å². The van der Waals surface area contributed by atoms with E-state index in [0.717, 1.165) is 0 Å². The van der Waals surface area contributed by atoms with E-state index in [1.807, 2.05) is 13.8 Å². The Hall–Kier alpha value is -3.87. The molecule has 0 fully saturated rings. The van der Waals surface area contributed by atoms with E-state index in [9.17, 15) is 29.4 Å². The predicted molar refractivity (Wildman–Crippen MR) is 147 cm³/mol. The van der Waals surface area contributed by atoms with Crippen LogP contribution >= 0.6 is 0 Å². The van der Waals surface area contributed by atoms with Crippen LogP contribution in [-0.4, -0.2) is 70.6 Å². The number of carbonyl (C=O) groups excluding carboxylic acids is 3. The molecule has 0 aliphatic heterocycles. The van der Waals surface area contributed by atoms with E-state index in [-0.39, 0.29) is 36.4 Å². The summed E-state index contributed by atoms with van der Waals surface area (Å²) in [6.45, 7) is 7.52. The number of nitrogens with zero attached hydrogens (tertiary/aromatic N) is 1. The molecule has 0 saturated carbocycles. The van der Waals surface area contributed by atoms with Gasteiger partial charge in [0.25, 0.3) is 0 Å². The van der Waals surface area contributed by atoms with Crippen LogP contribution in [0.4, 0.5) is 0 Å². The Morgan fingerprint density at radius 2 is 1.49 bits per heavy atom. The van der Waals surface area contributed by atoms with Gasteiger partial charge < -0.3 is 43.4 Å². The van der Waals surface area contributed by atoms with E-state index in [4.69, 9.17) is 17.2 Å². The van der Waals surface area contributed by atoms with Gasteiger partial charge in [-0.1, -0.05) is 39.8 Å². The lowest BCUT2D eigenvalue weighted by Crippen LogP contribution is -2.58. The van der Waals surface area contributed by atoms with Crippen LogP contribution in [0.2, 0.25) is 0 Å². The first kappa shape index (κ1) is 33.2. The number of phenolic OH excluding ortho intramolecular Hbond substituents is 1. The first-order valence-corrected chi connectivity index (χ1v) is 12.9. The monoisotopic (exact) mass is 549 g/mol. The maximum Gasteiger partial charge on any atom is 0.326 e. The Balaban J connectivity index is 2.91. The van der Waals surface area contributed by atoms with Crippen molar-refractivity contribution < 1.29 is 29.4 Å². The van der Waals surface area contributed by atoms with E-state index in [0.29, 0.717) is 24.9 Å². The number of nitrogens with two attached hydrogens (primary N) is 3. The van der Waals surface area contributed by atoms with Gasteiger partial charge in [-0.2, -0.15) is 0 Å². The third kappa shape index (κ3) is 12.5. The number of guanidine groups is 1. The Morgan fingerprint density at radius 3 is 2.00 bits per heavy atom. The van der Waals surface area contributed by atoms with E-state index >= 15 is 0 Å². The van der Waals surface area contributed by atoms with Crippen molar-refractivity contribution in [2.75, 3.05) is 6.54 Å². The Bertz CT molecular complexity index is 993. The molecule has 0 aromatic heterocycles. The highest BCUT2D eigenvalue weighted by molar-refractivity contribution is 5.94. The van der Waals surface area contributed by atoms with Crippen LogP contribution in [0, 0.1) is 11.8 Å². The number of carboxylic acids is 1. The fourth-order valence-electron chi connectivity index (χ4n) is 3.75. The quantitative estimate of drug-likeness (QED) is 0.0756. The molecule has 0 spiro atoms. The first-order valence-electron chi connectivity index (χ1n) is 12.9. The summed E-state index contributed by atoms with van der Waals surface area (Å²) < 4.78 is 0. The number of nitrogens with one attached hydrogen (secondary N) is 3. The third-order valence-electron chi connectivity index (χ3n) is 5.88. The lowest BCUT2D eigenvalue weighted by Gasteiger charge is -2.27. The Labute approximate surface area is 229 Å². The van der Waals surface area contributed by atoms with Crippen molar-refractivity contribution in [3.63, 3.8) is 0 Å². The second kappa shape index (κ2) is 16.2. The molecule has 0 radical (unpaired) electrons. The molecule has 39 heavy (non-hydrogen) atoms. The summed E-state index contributed by atoms with van der Waals surface area (Å²) in [4.78, 5) is 54.6. The van der Waals surface area contributed by atoms with Crippen LogP contribution in [0.25, 0.3) is 0 Å². The second-order valence-electron chi connectivity index (χ2n) is 10.2. The molecule has 13 heteroatoms. The summed E-state index contributed by atoms with van der Waals surface area (Å²) >= 11 is 0. The molecule has 1 aromatic rings. The standard InChI is InChI=1S/C26H43N7O6/c1-14(2)12-19(23(36)32-20(25(38)39)13-16-7-9-17(34)10-8-16)31-24(37)21(15(3)4)33-22(35)18(27)6-5-11-30-26(28)29/h7-10,14-15,18-21,34H,5-6,11-13,27H2,1-4H3,(H,31,37)(H,32,36)(H,33,35)(H,38,39)(H4,28,29,30). The largest absolute Gasteiger partial charge is 0.508 e. The van der Waals surface area contributed by atoms with Gasteiger partial charge in [-0.25, -0.2) is 4.79 Å². The first-order chi connectivity index (χ1) is 18.2. The van der Waals surface area contributed by atoms with Gasteiger partial charge in [-0.05, 0) is 48.8 Å². The highest BCUT2D eigenvalue weighted by Gasteiger charge is 2.32. The van der Waals surface area contributed by atoms with E-state index in [2.05, 4.69) is 20.9 Å². The average Bonchev–Trinajstić information content (AvgIpc) is 2.84. The summed E-state index contributed by atoms with van der Waals surface area (Å²) in [5, 5.41) is 26.9. The molecule has 11 N–H and O–H groups in total. The Morgan fingerprint density at radius 1 is 0.897 bits per heavy atom. The molecule has 218 valence electrons. The van der Waals surface area contributed by atoms with Crippen molar-refractivity contribution in [1.82, 2.24) is 16.0 Å². The van der Waals surface area contributed by atoms with Crippen LogP contribution in [0.1, 0.15) is 52.5 Å². The number of aliphatic carboxylic acids is 1. The van der Waals surface area contributed by atoms with Gasteiger partial charge in [0.2, 0.25) is 17.7 Å². The fourth-order valence-corrected chi connectivity index (χ4v) is 3.75. The molecule has 0 saturated heterocycles. The minimum atomic E-state index is -1.26. The van der Waals surface area contributed by atoms with Crippen LogP contribution in [0.15, 0.2) is 29.3 Å². The number of carboxylic acid groups (broad SMARTS) is 1. The van der Waals surface area contributed by atoms with Crippen molar-refractivity contribution in [2.45, 2.75) is 77.5 Å². The minimum Gasteiger partial charge on any atom is -0.508 e. The molecule has 0 bridgehead atoms. The molecule has 1 aromatic carbocycles. The van der Waals surface area contributed by atoms with Crippen molar-refractivity contribution in [2.24, 2.45) is 34.0 Å². The van der Waals surface area contributed by atoms with Crippen LogP contribution in [0.5, 0.6) is 5.75 Å². The van der Waals surface area contributed by atoms with E-state index in [1.165, 1.54) is 12.1 Å². The summed E-state index contributed by atoms with van der Waals surface area (Å²) in [5.74, 6) is -3.37. The average molecular weight is 550 g/mol. The zero-order valence-corrected chi connectivity index (χ0v) is 23.0. The predicted octanol–water partition coefficient (Wildman–Crippen LogP) is -0.443. The maximum atomic E-state index is 13.2. The molecule has 0 aliphatic rings. The fraction of sp³-hybridized carbons (Fsp3) is 0.577. The summed E-state index contributed by atoms with van der Waals surface area (Å²) in [5.41, 5.74) is 17.1. The highest BCUT2D eigenvalue weighted by atomic mass is 16.4. The van der Waals surface area contributed by atoms with Gasteiger partial charge in [0.1, 0.15) is 23.9 Å². The summed E-state index contributed by atoms with van der Waals surface area (Å²) in [6.07, 6.45) is 0.989. The lowest BCUT2D eigenvalue weighted by molar-refractivity contribution is -0.142. The van der Waals surface area contributed by atoms with Crippen molar-refractivity contribution >= 4 is 29.7 Å². The summed E-state index contributed by atoms with van der Waals surface area (Å²) in [7, 11) is 0. The van der Waals surface area contributed by atoms with Gasteiger partial charge in [0.05, 0.1) is 6.04 Å².